The summed E-state index contributed by atoms with van der Waals surface area (Å²) in [5.74, 6) is -0.161. The topological polar surface area (TPSA) is 86.3 Å². The van der Waals surface area contributed by atoms with E-state index in [0.717, 1.165) is 28.1 Å². The van der Waals surface area contributed by atoms with E-state index in [0.29, 0.717) is 22.0 Å². The zero-order valence-electron chi connectivity index (χ0n) is 24.6. The molecule has 3 aromatic carbocycles. The van der Waals surface area contributed by atoms with Gasteiger partial charge in [0.1, 0.15) is 17.9 Å². The van der Waals surface area contributed by atoms with Crippen molar-refractivity contribution in [3.8, 4) is 28.5 Å². The second-order valence-electron chi connectivity index (χ2n) is 10.4. The van der Waals surface area contributed by atoms with Crippen molar-refractivity contribution in [2.24, 2.45) is 4.99 Å². The van der Waals surface area contributed by atoms with Crippen LogP contribution in [-0.2, 0) is 0 Å². The highest BCUT2D eigenvalue weighted by Gasteiger charge is 2.31. The number of benzene rings is 3. The van der Waals surface area contributed by atoms with Crippen LogP contribution >= 0.6 is 11.3 Å². The molecule has 0 atom stereocenters. The number of thiazole rings is 1. The first-order valence-corrected chi connectivity index (χ1v) is 14.6. The summed E-state index contributed by atoms with van der Waals surface area (Å²) in [5, 5.41) is 9.09. The van der Waals surface area contributed by atoms with E-state index >= 15 is 0 Å². The predicted molar refractivity (Wildman–Crippen MR) is 164 cm³/mol. The number of halogens is 4. The van der Waals surface area contributed by atoms with Crippen molar-refractivity contribution in [1.29, 1.82) is 0 Å². The summed E-state index contributed by atoms with van der Waals surface area (Å²) in [4.78, 5) is 21.9. The van der Waals surface area contributed by atoms with Gasteiger partial charge in [-0.1, -0.05) is 38.1 Å². The fourth-order valence-electron chi connectivity index (χ4n) is 4.57. The number of carbonyl (C=O) groups is 1. The lowest BCUT2D eigenvalue weighted by molar-refractivity contribution is -0.274. The van der Waals surface area contributed by atoms with E-state index in [1.165, 1.54) is 58.7 Å². The van der Waals surface area contributed by atoms with Crippen molar-refractivity contribution in [3.63, 3.8) is 0 Å². The number of aryl methyl sites for hydroxylation is 1. The van der Waals surface area contributed by atoms with E-state index in [2.05, 4.69) is 25.1 Å². The number of carbonyl (C=O) groups excluding carboxylic acids is 1. The molecule has 0 saturated carbocycles. The fraction of sp³-hybridized carbons (Fsp3) is 0.188. The Morgan fingerprint density at radius 2 is 1.78 bits per heavy atom. The summed E-state index contributed by atoms with van der Waals surface area (Å²) in [6.07, 6.45) is -1.51. The number of hydrogen-bond donors (Lipinski definition) is 1. The lowest BCUT2D eigenvalue weighted by Crippen LogP contribution is -2.23. The van der Waals surface area contributed by atoms with E-state index in [9.17, 15) is 22.4 Å². The highest BCUT2D eigenvalue weighted by atomic mass is 32.1. The summed E-state index contributed by atoms with van der Waals surface area (Å²) >= 11 is 1.32. The minimum atomic E-state index is -4.76. The number of ether oxygens (including phenoxy) is 1. The van der Waals surface area contributed by atoms with Gasteiger partial charge in [-0.25, -0.2) is 18.9 Å². The highest BCUT2D eigenvalue weighted by molar-refractivity contribution is 7.07. The van der Waals surface area contributed by atoms with Gasteiger partial charge in [-0.2, -0.15) is 4.99 Å². The van der Waals surface area contributed by atoms with E-state index in [-0.39, 0.29) is 17.5 Å². The Hall–Kier alpha value is -5.04. The van der Waals surface area contributed by atoms with Crippen LogP contribution in [0.2, 0.25) is 0 Å². The first kappa shape index (κ1) is 31.4. The van der Waals surface area contributed by atoms with E-state index < -0.39 is 12.4 Å². The molecule has 45 heavy (non-hydrogen) atoms. The lowest BCUT2D eigenvalue weighted by atomic mass is 10.0. The molecular formula is C32H28F4N6O2S. The van der Waals surface area contributed by atoms with Crippen molar-refractivity contribution in [2.75, 3.05) is 0 Å². The Labute approximate surface area is 260 Å². The molecule has 0 unspecified atom stereocenters. The average molecular weight is 637 g/mol. The van der Waals surface area contributed by atoms with Gasteiger partial charge >= 0.3 is 12.4 Å². The smallest absolute Gasteiger partial charge is 0.406 e. The van der Waals surface area contributed by atoms with E-state index in [1.807, 2.05) is 55.0 Å². The average Bonchev–Trinajstić information content (AvgIpc) is 3.60. The molecule has 0 aliphatic carbocycles. The number of nitrogens with one attached hydrogen (secondary N) is 1. The summed E-state index contributed by atoms with van der Waals surface area (Å²) in [6, 6.07) is 16.7. The van der Waals surface area contributed by atoms with Crippen molar-refractivity contribution in [2.45, 2.75) is 40.0 Å². The molecule has 2 aromatic heterocycles. The zero-order chi connectivity index (χ0) is 32.3. The molecular weight excluding hydrogens is 608 g/mol. The lowest BCUT2D eigenvalue weighted by Gasteiger charge is -2.15. The third kappa shape index (κ3) is 7.73. The molecule has 0 radical (unpaired) electrons. The number of amides is 2. The van der Waals surface area contributed by atoms with E-state index in [4.69, 9.17) is 0 Å². The highest BCUT2D eigenvalue weighted by Crippen LogP contribution is 2.26. The molecule has 0 aliphatic heterocycles. The molecule has 13 heteroatoms. The van der Waals surface area contributed by atoms with Gasteiger partial charge in [0, 0.05) is 22.3 Å². The Kier molecular flexibility index (Phi) is 9.00. The second kappa shape index (κ2) is 12.9. The van der Waals surface area contributed by atoms with Crippen molar-refractivity contribution in [1.82, 2.24) is 24.6 Å². The molecule has 1 N–H and O–H groups in total. The monoisotopic (exact) mass is 636 g/mol. The minimum absolute atomic E-state index is 0.0646. The van der Waals surface area contributed by atoms with Gasteiger partial charge in [-0.05, 0) is 79.4 Å². The maximum Gasteiger partial charge on any atom is 0.573 e. The van der Waals surface area contributed by atoms with Gasteiger partial charge in [-0.15, -0.1) is 29.6 Å². The van der Waals surface area contributed by atoms with Crippen LogP contribution in [0.15, 0.2) is 89.1 Å². The van der Waals surface area contributed by atoms with Gasteiger partial charge < -0.3 is 10.1 Å². The molecule has 8 nitrogen and oxygen atoms in total. The number of allylic oxidation sites excluding steroid dienone is 1. The zero-order valence-corrected chi connectivity index (χ0v) is 25.4. The number of hydrogen-bond acceptors (Lipinski definition) is 5. The van der Waals surface area contributed by atoms with Gasteiger partial charge in [0.25, 0.3) is 0 Å². The van der Waals surface area contributed by atoms with Gasteiger partial charge in [-0.3, -0.25) is 4.57 Å². The molecule has 2 heterocycles. The Morgan fingerprint density at radius 1 is 1.07 bits per heavy atom. The molecule has 5 rings (SSSR count). The first-order valence-electron chi connectivity index (χ1n) is 13.8. The summed E-state index contributed by atoms with van der Waals surface area (Å²) in [5.41, 5.74) is 5.08. The van der Waals surface area contributed by atoms with Crippen LogP contribution in [-0.4, -0.2) is 31.7 Å². The number of urea groups is 1. The van der Waals surface area contributed by atoms with Crippen molar-refractivity contribution in [3.05, 3.63) is 112 Å². The summed E-state index contributed by atoms with van der Waals surface area (Å²) < 4.78 is 58.4. The Bertz CT molecular complexity index is 1920. The molecule has 0 spiro atoms. The maximum absolute atomic E-state index is 14.0. The normalized spacial score (nSPS) is 12.6. The maximum atomic E-state index is 14.0. The molecule has 0 bridgehead atoms. The Morgan fingerprint density at radius 3 is 2.44 bits per heavy atom. The molecule has 2 amide bonds. The predicted octanol–water partition coefficient (Wildman–Crippen LogP) is 7.93. The summed E-state index contributed by atoms with van der Waals surface area (Å²) in [6.45, 7) is 7.62. The van der Waals surface area contributed by atoms with Gasteiger partial charge in [0.2, 0.25) is 0 Å². The molecule has 5 aromatic rings. The molecule has 0 saturated heterocycles. The molecule has 232 valence electrons. The van der Waals surface area contributed by atoms with Crippen LogP contribution in [0.4, 0.5) is 22.4 Å². The number of aromatic nitrogens is 4. The molecule has 0 aliphatic rings. The number of nitrogens with zero attached hydrogens (tertiary/aromatic N) is 5. The van der Waals surface area contributed by atoms with Crippen LogP contribution in [0.5, 0.6) is 5.75 Å². The van der Waals surface area contributed by atoms with E-state index in [1.54, 1.807) is 19.1 Å². The largest absolute Gasteiger partial charge is 0.573 e. The van der Waals surface area contributed by atoms with Crippen LogP contribution in [0.25, 0.3) is 28.8 Å². The quantitative estimate of drug-likeness (QED) is 0.184. The second-order valence-corrected chi connectivity index (χ2v) is 11.2. The van der Waals surface area contributed by atoms with Crippen LogP contribution in [0.3, 0.4) is 0 Å². The van der Waals surface area contributed by atoms with Crippen LogP contribution in [0, 0.1) is 12.7 Å². The fourth-order valence-corrected chi connectivity index (χ4v) is 5.44. The number of rotatable bonds is 7. The number of alkyl halides is 3. The van der Waals surface area contributed by atoms with Crippen molar-refractivity contribution < 1.29 is 27.1 Å². The molecule has 0 fully saturated rings. The SMILES string of the molecule is C/C(=C\c1ccc(-c2ncn(-c3ccc(OC(F)(F)F)cc3)n2)cc1)NC(=O)N=c1scc(C)n1-c1ccc(F)cc1C(C)C. The van der Waals surface area contributed by atoms with Gasteiger partial charge in [0.05, 0.1) is 11.4 Å². The van der Waals surface area contributed by atoms with Crippen LogP contribution < -0.4 is 14.9 Å². The summed E-state index contributed by atoms with van der Waals surface area (Å²) in [7, 11) is 0. The first-order chi connectivity index (χ1) is 21.4. The minimum Gasteiger partial charge on any atom is -0.406 e. The van der Waals surface area contributed by atoms with Crippen molar-refractivity contribution >= 4 is 23.4 Å². The van der Waals surface area contributed by atoms with Gasteiger partial charge in [0.15, 0.2) is 10.6 Å². The third-order valence-corrected chi connectivity index (χ3v) is 7.56. The standard InChI is InChI=1S/C32H28F4N6O2S/c1-19(2)27-16-24(33)9-14-28(27)42-21(4)17-45-31(42)39-30(43)38-20(3)15-22-5-7-23(8-6-22)29-37-18-41(40-29)25-10-12-26(13-11-25)44-32(34,35)36/h5-19H,1-4H3,(H,38,43)/b20-15+,39-31?. The van der Waals surface area contributed by atoms with Crippen LogP contribution in [0.1, 0.15) is 43.5 Å². The Balaban J connectivity index is 1.28. The third-order valence-electron chi connectivity index (χ3n) is 6.61.